The maximum absolute atomic E-state index is 12.8. The number of aryl methyl sites for hydroxylation is 1. The zero-order chi connectivity index (χ0) is 15.3. The second kappa shape index (κ2) is 5.14. The van der Waals surface area contributed by atoms with E-state index in [1.165, 1.54) is 12.8 Å². The fourth-order valence-electron chi connectivity index (χ4n) is 4.05. The Morgan fingerprint density at radius 2 is 2.05 bits per heavy atom. The fraction of sp³-hybridized carbons (Fsp3) is 0.647. The number of fused-ring (bicyclic) bond motifs is 1. The lowest BCUT2D eigenvalue weighted by Crippen LogP contribution is -2.53. The van der Waals surface area contributed by atoms with Crippen LogP contribution < -0.4 is 0 Å². The third-order valence-electron chi connectivity index (χ3n) is 5.46. The maximum Gasteiger partial charge on any atom is 0.270 e. The topological polar surface area (TPSA) is 45.6 Å². The Hall–Kier alpha value is -1.78. The summed E-state index contributed by atoms with van der Waals surface area (Å²) in [6.07, 6.45) is 6.76. The van der Waals surface area contributed by atoms with E-state index in [4.69, 9.17) is 0 Å². The molecule has 3 aliphatic rings. The first-order valence-corrected chi connectivity index (χ1v) is 8.37. The molecule has 0 spiro atoms. The van der Waals surface area contributed by atoms with Crippen LogP contribution in [0, 0.1) is 5.92 Å². The summed E-state index contributed by atoms with van der Waals surface area (Å²) in [6.45, 7) is 1.68. The molecule has 1 saturated carbocycles. The molecule has 1 aromatic heterocycles. The first-order chi connectivity index (χ1) is 10.6. The number of nitrogens with zero attached hydrogens (tertiary/aromatic N) is 3. The SMILES string of the molecule is Cn1cccc1C(=O)N1CC[C@H]2[C@@H]1CCC(=O)N2CC1CC1. The minimum absolute atomic E-state index is 0.112. The molecule has 0 aromatic carbocycles. The van der Waals surface area contributed by atoms with Crippen molar-refractivity contribution in [2.24, 2.45) is 13.0 Å². The van der Waals surface area contributed by atoms with E-state index < -0.39 is 0 Å². The molecule has 118 valence electrons. The lowest BCUT2D eigenvalue weighted by atomic mass is 9.95. The monoisotopic (exact) mass is 301 g/mol. The Morgan fingerprint density at radius 3 is 2.73 bits per heavy atom. The first-order valence-electron chi connectivity index (χ1n) is 8.37. The average Bonchev–Trinajstić information content (AvgIpc) is 3.05. The molecule has 5 nitrogen and oxygen atoms in total. The van der Waals surface area contributed by atoms with Gasteiger partial charge >= 0.3 is 0 Å². The van der Waals surface area contributed by atoms with Crippen molar-refractivity contribution in [3.63, 3.8) is 0 Å². The predicted molar refractivity (Wildman–Crippen MR) is 82.3 cm³/mol. The second-order valence-corrected chi connectivity index (χ2v) is 6.95. The van der Waals surface area contributed by atoms with Crippen molar-refractivity contribution >= 4 is 11.8 Å². The quantitative estimate of drug-likeness (QED) is 0.852. The van der Waals surface area contributed by atoms with E-state index in [1.54, 1.807) is 0 Å². The van der Waals surface area contributed by atoms with E-state index in [9.17, 15) is 9.59 Å². The number of piperidine rings is 1. The van der Waals surface area contributed by atoms with Gasteiger partial charge in [0.05, 0.1) is 12.1 Å². The van der Waals surface area contributed by atoms with Gasteiger partial charge in [0.15, 0.2) is 0 Å². The summed E-state index contributed by atoms with van der Waals surface area (Å²) in [4.78, 5) is 29.2. The Balaban J connectivity index is 1.54. The van der Waals surface area contributed by atoms with E-state index >= 15 is 0 Å². The zero-order valence-electron chi connectivity index (χ0n) is 13.1. The number of amides is 2. The third-order valence-corrected chi connectivity index (χ3v) is 5.46. The minimum Gasteiger partial charge on any atom is -0.347 e. The number of hydrogen-bond acceptors (Lipinski definition) is 2. The summed E-state index contributed by atoms with van der Waals surface area (Å²) in [5.41, 5.74) is 0.742. The van der Waals surface area contributed by atoms with Crippen LogP contribution in [0.5, 0.6) is 0 Å². The van der Waals surface area contributed by atoms with Gasteiger partial charge in [-0.05, 0) is 43.7 Å². The minimum atomic E-state index is 0.112. The summed E-state index contributed by atoms with van der Waals surface area (Å²) in [7, 11) is 1.91. The van der Waals surface area contributed by atoms with Gasteiger partial charge in [0.25, 0.3) is 5.91 Å². The highest BCUT2D eigenvalue weighted by atomic mass is 16.2. The lowest BCUT2D eigenvalue weighted by molar-refractivity contribution is -0.137. The van der Waals surface area contributed by atoms with Gasteiger partial charge in [-0.2, -0.15) is 0 Å². The van der Waals surface area contributed by atoms with Gasteiger partial charge in [-0.1, -0.05) is 0 Å². The van der Waals surface area contributed by atoms with E-state index in [0.717, 1.165) is 31.6 Å². The van der Waals surface area contributed by atoms with E-state index in [2.05, 4.69) is 4.90 Å². The molecule has 2 amide bonds. The van der Waals surface area contributed by atoms with Crippen molar-refractivity contribution in [3.8, 4) is 0 Å². The van der Waals surface area contributed by atoms with Crippen molar-refractivity contribution in [2.45, 2.75) is 44.2 Å². The molecule has 4 rings (SSSR count). The molecule has 22 heavy (non-hydrogen) atoms. The summed E-state index contributed by atoms with van der Waals surface area (Å²) in [6, 6.07) is 4.24. The molecule has 2 atom stereocenters. The highest BCUT2D eigenvalue weighted by Crippen LogP contribution is 2.37. The zero-order valence-corrected chi connectivity index (χ0v) is 13.1. The molecule has 0 radical (unpaired) electrons. The van der Waals surface area contributed by atoms with Crippen LogP contribution in [0.3, 0.4) is 0 Å². The van der Waals surface area contributed by atoms with Gasteiger partial charge in [0.1, 0.15) is 5.69 Å². The molecule has 3 fully saturated rings. The molecule has 0 bridgehead atoms. The molecule has 0 unspecified atom stereocenters. The molecule has 0 N–H and O–H groups in total. The van der Waals surface area contributed by atoms with Gasteiger partial charge in [-0.15, -0.1) is 0 Å². The number of likely N-dealkylation sites (tertiary alicyclic amines) is 2. The third kappa shape index (κ3) is 2.23. The molecule has 2 saturated heterocycles. The maximum atomic E-state index is 12.8. The van der Waals surface area contributed by atoms with E-state index in [0.29, 0.717) is 18.2 Å². The van der Waals surface area contributed by atoms with Crippen LogP contribution in [0.2, 0.25) is 0 Å². The van der Waals surface area contributed by atoms with Crippen molar-refractivity contribution < 1.29 is 9.59 Å². The Kier molecular flexibility index (Phi) is 3.24. The van der Waals surface area contributed by atoms with Crippen LogP contribution in [0.25, 0.3) is 0 Å². The standard InChI is InChI=1S/C17H23N3O2/c1-18-9-2-3-15(18)17(22)19-10-8-14-13(19)6-7-16(21)20(14)11-12-4-5-12/h2-3,9,12-14H,4-8,10-11H2,1H3/t13-,14-/m0/s1. The van der Waals surface area contributed by atoms with Crippen LogP contribution in [0.15, 0.2) is 18.3 Å². The summed E-state index contributed by atoms with van der Waals surface area (Å²) in [5, 5.41) is 0. The Bertz CT molecular complexity index is 605. The summed E-state index contributed by atoms with van der Waals surface area (Å²) in [5.74, 6) is 1.11. The van der Waals surface area contributed by atoms with Crippen LogP contribution in [0.1, 0.15) is 42.6 Å². The molecule has 5 heteroatoms. The van der Waals surface area contributed by atoms with Crippen LogP contribution in [-0.4, -0.2) is 51.4 Å². The fourth-order valence-corrected chi connectivity index (χ4v) is 4.05. The van der Waals surface area contributed by atoms with Crippen LogP contribution in [0.4, 0.5) is 0 Å². The second-order valence-electron chi connectivity index (χ2n) is 6.95. The van der Waals surface area contributed by atoms with Crippen molar-refractivity contribution in [1.82, 2.24) is 14.4 Å². The summed E-state index contributed by atoms with van der Waals surface area (Å²) >= 11 is 0. The number of carbonyl (C=O) groups excluding carboxylic acids is 2. The smallest absolute Gasteiger partial charge is 0.270 e. The average molecular weight is 301 g/mol. The van der Waals surface area contributed by atoms with Crippen LogP contribution >= 0.6 is 0 Å². The summed E-state index contributed by atoms with van der Waals surface area (Å²) < 4.78 is 1.88. The highest BCUT2D eigenvalue weighted by Gasteiger charge is 2.46. The predicted octanol–water partition coefficient (Wildman–Crippen LogP) is 1.64. The van der Waals surface area contributed by atoms with Crippen LogP contribution in [-0.2, 0) is 11.8 Å². The Labute approximate surface area is 130 Å². The number of hydrogen-bond donors (Lipinski definition) is 0. The molecular weight excluding hydrogens is 278 g/mol. The molecule has 1 aliphatic carbocycles. The van der Waals surface area contributed by atoms with E-state index in [1.807, 2.05) is 34.8 Å². The number of rotatable bonds is 3. The van der Waals surface area contributed by atoms with Crippen molar-refractivity contribution in [1.29, 1.82) is 0 Å². The Morgan fingerprint density at radius 1 is 1.23 bits per heavy atom. The van der Waals surface area contributed by atoms with Gasteiger partial charge in [-0.3, -0.25) is 9.59 Å². The normalized spacial score (nSPS) is 28.1. The molecule has 3 heterocycles. The number of aromatic nitrogens is 1. The molecule has 2 aliphatic heterocycles. The van der Waals surface area contributed by atoms with Gasteiger partial charge < -0.3 is 14.4 Å². The molecule has 1 aromatic rings. The largest absolute Gasteiger partial charge is 0.347 e. The first kappa shape index (κ1) is 13.9. The van der Waals surface area contributed by atoms with Gasteiger partial charge in [0.2, 0.25) is 5.91 Å². The molecular formula is C17H23N3O2. The van der Waals surface area contributed by atoms with Gasteiger partial charge in [-0.25, -0.2) is 0 Å². The van der Waals surface area contributed by atoms with E-state index in [-0.39, 0.29) is 18.0 Å². The lowest BCUT2D eigenvalue weighted by Gasteiger charge is -2.39. The number of carbonyl (C=O) groups is 2. The van der Waals surface area contributed by atoms with Crippen molar-refractivity contribution in [3.05, 3.63) is 24.0 Å². The highest BCUT2D eigenvalue weighted by molar-refractivity contribution is 5.93. The van der Waals surface area contributed by atoms with Crippen molar-refractivity contribution in [2.75, 3.05) is 13.1 Å². The van der Waals surface area contributed by atoms with Gasteiger partial charge in [0, 0.05) is 32.8 Å².